The lowest BCUT2D eigenvalue weighted by molar-refractivity contribution is 0.172. The predicted octanol–water partition coefficient (Wildman–Crippen LogP) is 3.57. The van der Waals surface area contributed by atoms with E-state index in [1.165, 1.54) is 7.05 Å². The van der Waals surface area contributed by atoms with E-state index >= 15 is 0 Å². The second kappa shape index (κ2) is 8.56. The molecule has 1 aromatic heterocycles. The molecule has 128 valence electrons. The SMILES string of the molecule is CCC(OS(=O)N(C)C(=O)Oc1cccc(C)c1)c1cccnc1. The van der Waals surface area contributed by atoms with Gasteiger partial charge in [0, 0.05) is 25.0 Å². The number of aryl methyl sites for hydroxylation is 1. The summed E-state index contributed by atoms with van der Waals surface area (Å²) >= 11 is -1.97. The minimum atomic E-state index is -1.97. The number of benzene rings is 1. The Kier molecular flexibility index (Phi) is 6.45. The highest BCUT2D eigenvalue weighted by atomic mass is 32.2. The van der Waals surface area contributed by atoms with Crippen LogP contribution in [0.25, 0.3) is 0 Å². The van der Waals surface area contributed by atoms with Crippen LogP contribution >= 0.6 is 0 Å². The summed E-state index contributed by atoms with van der Waals surface area (Å²) in [5.41, 5.74) is 1.76. The highest BCUT2D eigenvalue weighted by Gasteiger charge is 2.23. The van der Waals surface area contributed by atoms with E-state index in [-0.39, 0.29) is 0 Å². The van der Waals surface area contributed by atoms with E-state index in [2.05, 4.69) is 4.98 Å². The lowest BCUT2D eigenvalue weighted by Crippen LogP contribution is -2.33. The Morgan fingerprint density at radius 2 is 2.12 bits per heavy atom. The second-order valence-corrected chi connectivity index (χ2v) is 6.35. The van der Waals surface area contributed by atoms with Crippen molar-refractivity contribution in [3.8, 4) is 5.75 Å². The van der Waals surface area contributed by atoms with Crippen LogP contribution < -0.4 is 4.74 Å². The Balaban J connectivity index is 1.99. The summed E-state index contributed by atoms with van der Waals surface area (Å²) in [6.07, 6.45) is 2.72. The van der Waals surface area contributed by atoms with E-state index in [4.69, 9.17) is 8.92 Å². The molecule has 0 saturated heterocycles. The summed E-state index contributed by atoms with van der Waals surface area (Å²) in [6, 6.07) is 10.7. The van der Waals surface area contributed by atoms with Gasteiger partial charge in [-0.05, 0) is 37.1 Å². The number of hydrogen-bond acceptors (Lipinski definition) is 5. The highest BCUT2D eigenvalue weighted by molar-refractivity contribution is 7.78. The maximum Gasteiger partial charge on any atom is 0.428 e. The Morgan fingerprint density at radius 1 is 1.33 bits per heavy atom. The molecule has 0 fully saturated rings. The molecule has 0 radical (unpaired) electrons. The van der Waals surface area contributed by atoms with Crippen molar-refractivity contribution in [1.29, 1.82) is 0 Å². The van der Waals surface area contributed by atoms with Gasteiger partial charge in [0.1, 0.15) is 11.9 Å². The summed E-state index contributed by atoms with van der Waals surface area (Å²) in [5.74, 6) is 0.392. The number of carbonyl (C=O) groups is 1. The Labute approximate surface area is 144 Å². The molecular formula is C17H20N2O4S. The first kappa shape index (κ1) is 18.1. The largest absolute Gasteiger partial charge is 0.428 e. The van der Waals surface area contributed by atoms with Gasteiger partial charge in [0.25, 0.3) is 11.3 Å². The third kappa shape index (κ3) is 4.87. The van der Waals surface area contributed by atoms with Gasteiger partial charge in [0.05, 0.1) is 0 Å². The summed E-state index contributed by atoms with van der Waals surface area (Å²) in [5, 5.41) is 0. The Bertz CT molecular complexity index is 709. The zero-order chi connectivity index (χ0) is 17.5. The fraction of sp³-hybridized carbons (Fsp3) is 0.294. The van der Waals surface area contributed by atoms with E-state index in [1.807, 2.05) is 26.0 Å². The molecular weight excluding hydrogens is 328 g/mol. The van der Waals surface area contributed by atoms with Crippen LogP contribution in [0.5, 0.6) is 5.75 Å². The Morgan fingerprint density at radius 3 is 2.75 bits per heavy atom. The number of aromatic nitrogens is 1. The van der Waals surface area contributed by atoms with E-state index in [0.29, 0.717) is 12.2 Å². The van der Waals surface area contributed by atoms with Gasteiger partial charge in [-0.1, -0.05) is 25.1 Å². The lowest BCUT2D eigenvalue weighted by atomic mass is 10.1. The van der Waals surface area contributed by atoms with E-state index in [9.17, 15) is 9.00 Å². The maximum absolute atomic E-state index is 12.3. The number of carbonyl (C=O) groups excluding carboxylic acids is 1. The first-order valence-electron chi connectivity index (χ1n) is 7.52. The standard InChI is InChI=1S/C17H20N2O4S/c1-4-16(14-8-6-10-18-12-14)23-24(21)19(3)17(20)22-15-9-5-7-13(2)11-15/h5-12,16H,4H2,1-3H3. The Hall–Kier alpha value is -2.25. The third-order valence-corrected chi connectivity index (χ3v) is 4.29. The van der Waals surface area contributed by atoms with Gasteiger partial charge in [0.2, 0.25) is 0 Å². The second-order valence-electron chi connectivity index (χ2n) is 5.18. The van der Waals surface area contributed by atoms with Crippen LogP contribution in [-0.2, 0) is 15.4 Å². The summed E-state index contributed by atoms with van der Waals surface area (Å²) in [4.78, 5) is 16.1. The molecule has 0 spiro atoms. The molecule has 0 aliphatic heterocycles. The minimum absolute atomic E-state index is 0.392. The smallest absolute Gasteiger partial charge is 0.409 e. The predicted molar refractivity (Wildman–Crippen MR) is 91.5 cm³/mol. The van der Waals surface area contributed by atoms with Crippen LogP contribution in [0.2, 0.25) is 0 Å². The van der Waals surface area contributed by atoms with Crippen molar-refractivity contribution in [3.63, 3.8) is 0 Å². The first-order valence-corrected chi connectivity index (χ1v) is 8.55. The van der Waals surface area contributed by atoms with Gasteiger partial charge < -0.3 is 4.74 Å². The quantitative estimate of drug-likeness (QED) is 0.798. The lowest BCUT2D eigenvalue weighted by Gasteiger charge is -2.20. The maximum atomic E-state index is 12.3. The normalized spacial score (nSPS) is 13.1. The number of ether oxygens (including phenoxy) is 1. The van der Waals surface area contributed by atoms with Gasteiger partial charge >= 0.3 is 6.09 Å². The molecule has 0 saturated carbocycles. The van der Waals surface area contributed by atoms with Crippen molar-refractivity contribution in [3.05, 3.63) is 59.9 Å². The molecule has 2 atom stereocenters. The number of amides is 1. The van der Waals surface area contributed by atoms with Crippen LogP contribution in [0, 0.1) is 6.92 Å². The van der Waals surface area contributed by atoms with Gasteiger partial charge in [-0.2, -0.15) is 0 Å². The molecule has 7 heteroatoms. The number of pyridine rings is 1. The highest BCUT2D eigenvalue weighted by Crippen LogP contribution is 2.22. The molecule has 24 heavy (non-hydrogen) atoms. The van der Waals surface area contributed by atoms with Gasteiger partial charge in [-0.15, -0.1) is 0 Å². The summed E-state index contributed by atoms with van der Waals surface area (Å²) < 4.78 is 23.9. The minimum Gasteiger partial charge on any atom is -0.409 e. The molecule has 0 N–H and O–H groups in total. The van der Waals surface area contributed by atoms with Gasteiger partial charge in [-0.25, -0.2) is 13.3 Å². The topological polar surface area (TPSA) is 68.7 Å². The summed E-state index contributed by atoms with van der Waals surface area (Å²) in [7, 11) is 1.37. The van der Waals surface area contributed by atoms with Crippen molar-refractivity contribution in [2.75, 3.05) is 7.05 Å². The number of nitrogens with zero attached hydrogens (tertiary/aromatic N) is 2. The first-order chi connectivity index (χ1) is 11.5. The fourth-order valence-corrected chi connectivity index (χ4v) is 2.73. The molecule has 0 aliphatic rings. The zero-order valence-electron chi connectivity index (χ0n) is 13.8. The van der Waals surface area contributed by atoms with Crippen LogP contribution in [0.4, 0.5) is 4.79 Å². The molecule has 1 amide bonds. The number of rotatable bonds is 6. The average Bonchev–Trinajstić information content (AvgIpc) is 2.59. The van der Waals surface area contributed by atoms with Gasteiger partial charge in [0.15, 0.2) is 0 Å². The average molecular weight is 348 g/mol. The third-order valence-electron chi connectivity index (χ3n) is 3.30. The van der Waals surface area contributed by atoms with Crippen LogP contribution in [0.1, 0.15) is 30.6 Å². The van der Waals surface area contributed by atoms with E-state index in [0.717, 1.165) is 15.4 Å². The molecule has 2 unspecified atom stereocenters. The fourth-order valence-electron chi connectivity index (χ4n) is 1.99. The molecule has 0 bridgehead atoms. The number of hydrogen-bond donors (Lipinski definition) is 0. The molecule has 2 aromatic rings. The van der Waals surface area contributed by atoms with Gasteiger partial charge in [-0.3, -0.25) is 9.17 Å². The molecule has 2 rings (SSSR count). The van der Waals surface area contributed by atoms with Crippen molar-refractivity contribution in [2.24, 2.45) is 0 Å². The van der Waals surface area contributed by atoms with E-state index in [1.54, 1.807) is 36.7 Å². The van der Waals surface area contributed by atoms with Crippen molar-refractivity contribution in [1.82, 2.24) is 9.29 Å². The molecule has 6 nitrogen and oxygen atoms in total. The van der Waals surface area contributed by atoms with Crippen LogP contribution in [0.15, 0.2) is 48.8 Å². The van der Waals surface area contributed by atoms with Crippen LogP contribution in [0.3, 0.4) is 0 Å². The van der Waals surface area contributed by atoms with Crippen molar-refractivity contribution >= 4 is 17.4 Å². The zero-order valence-corrected chi connectivity index (χ0v) is 14.7. The van der Waals surface area contributed by atoms with Crippen LogP contribution in [-0.4, -0.2) is 26.6 Å². The van der Waals surface area contributed by atoms with E-state index < -0.39 is 23.5 Å². The van der Waals surface area contributed by atoms with Crippen molar-refractivity contribution < 1.29 is 17.9 Å². The molecule has 1 aromatic carbocycles. The molecule has 0 aliphatic carbocycles. The molecule has 1 heterocycles. The monoisotopic (exact) mass is 348 g/mol. The van der Waals surface area contributed by atoms with Crippen molar-refractivity contribution in [2.45, 2.75) is 26.4 Å². The summed E-state index contributed by atoms with van der Waals surface area (Å²) in [6.45, 7) is 3.79.